The van der Waals surface area contributed by atoms with E-state index in [1.54, 1.807) is 31.2 Å². The van der Waals surface area contributed by atoms with Gasteiger partial charge in [-0.1, -0.05) is 0 Å². The van der Waals surface area contributed by atoms with E-state index in [0.29, 0.717) is 27.0 Å². The van der Waals surface area contributed by atoms with Crippen molar-refractivity contribution >= 4 is 37.4 Å². The Labute approximate surface area is 143 Å². The van der Waals surface area contributed by atoms with Gasteiger partial charge in [-0.25, -0.2) is 8.42 Å². The third-order valence-corrected chi connectivity index (χ3v) is 5.09. The first-order valence-corrected chi connectivity index (χ1v) is 9.36. The summed E-state index contributed by atoms with van der Waals surface area (Å²) in [5.41, 5.74) is 1.65. The zero-order chi connectivity index (χ0) is 17.2. The number of aryl methyl sites for hydroxylation is 1. The summed E-state index contributed by atoms with van der Waals surface area (Å²) >= 11 is 3.33. The van der Waals surface area contributed by atoms with Crippen molar-refractivity contribution in [1.29, 1.82) is 0 Å². The SMILES string of the molecule is COc1ccc(Br)c(C(=O)Nc2ccc(S(C)(=O)=O)cc2C)c1. The number of rotatable bonds is 4. The molecule has 1 N–H and O–H groups in total. The molecule has 0 fully saturated rings. The van der Waals surface area contributed by atoms with Crippen molar-refractivity contribution in [1.82, 2.24) is 0 Å². The molecule has 23 heavy (non-hydrogen) atoms. The van der Waals surface area contributed by atoms with Crippen molar-refractivity contribution in [2.24, 2.45) is 0 Å². The first-order valence-electron chi connectivity index (χ1n) is 6.68. The van der Waals surface area contributed by atoms with E-state index in [1.807, 2.05) is 0 Å². The standard InChI is InChI=1S/C16H16BrNO4S/c1-10-8-12(23(3,20)21)5-7-15(10)18-16(19)13-9-11(22-2)4-6-14(13)17/h4-9H,1-3H3,(H,18,19). The molecule has 7 heteroatoms. The molecular weight excluding hydrogens is 382 g/mol. The summed E-state index contributed by atoms with van der Waals surface area (Å²) in [6.07, 6.45) is 1.15. The Morgan fingerprint density at radius 2 is 1.87 bits per heavy atom. The number of methoxy groups -OCH3 is 1. The number of ether oxygens (including phenoxy) is 1. The van der Waals surface area contributed by atoms with Crippen LogP contribution in [0, 0.1) is 6.92 Å². The Morgan fingerprint density at radius 3 is 2.43 bits per heavy atom. The lowest BCUT2D eigenvalue weighted by atomic mass is 10.1. The Kier molecular flexibility index (Phi) is 5.11. The van der Waals surface area contributed by atoms with Crippen LogP contribution in [0.1, 0.15) is 15.9 Å². The van der Waals surface area contributed by atoms with Gasteiger partial charge >= 0.3 is 0 Å². The first kappa shape index (κ1) is 17.5. The lowest BCUT2D eigenvalue weighted by Gasteiger charge is -2.11. The van der Waals surface area contributed by atoms with Gasteiger partial charge < -0.3 is 10.1 Å². The molecule has 0 unspecified atom stereocenters. The van der Waals surface area contributed by atoms with E-state index in [-0.39, 0.29) is 10.8 Å². The highest BCUT2D eigenvalue weighted by Gasteiger charge is 2.14. The Bertz CT molecular complexity index is 862. The number of sulfone groups is 1. The van der Waals surface area contributed by atoms with Gasteiger partial charge in [0.2, 0.25) is 0 Å². The number of amides is 1. The van der Waals surface area contributed by atoms with Crippen LogP contribution in [-0.2, 0) is 9.84 Å². The molecule has 0 spiro atoms. The van der Waals surface area contributed by atoms with Crippen LogP contribution in [0.15, 0.2) is 45.8 Å². The van der Waals surface area contributed by atoms with Crippen molar-refractivity contribution < 1.29 is 17.9 Å². The second-order valence-electron chi connectivity index (χ2n) is 5.05. The van der Waals surface area contributed by atoms with Gasteiger partial charge in [0, 0.05) is 16.4 Å². The van der Waals surface area contributed by atoms with Crippen LogP contribution < -0.4 is 10.1 Å². The van der Waals surface area contributed by atoms with E-state index in [2.05, 4.69) is 21.2 Å². The van der Waals surface area contributed by atoms with Crippen molar-refractivity contribution in [3.8, 4) is 5.75 Å². The summed E-state index contributed by atoms with van der Waals surface area (Å²) in [4.78, 5) is 12.6. The maximum Gasteiger partial charge on any atom is 0.256 e. The number of hydrogen-bond donors (Lipinski definition) is 1. The molecule has 0 aromatic heterocycles. The lowest BCUT2D eigenvalue weighted by Crippen LogP contribution is -2.14. The number of nitrogens with one attached hydrogen (secondary N) is 1. The zero-order valence-electron chi connectivity index (χ0n) is 12.9. The molecule has 2 aromatic carbocycles. The van der Waals surface area contributed by atoms with Gasteiger partial charge in [0.25, 0.3) is 5.91 Å². The third-order valence-electron chi connectivity index (χ3n) is 3.29. The van der Waals surface area contributed by atoms with Crippen LogP contribution in [0.3, 0.4) is 0 Å². The van der Waals surface area contributed by atoms with Gasteiger partial charge in [-0.15, -0.1) is 0 Å². The highest BCUT2D eigenvalue weighted by molar-refractivity contribution is 9.10. The van der Waals surface area contributed by atoms with Crippen molar-refractivity contribution in [3.05, 3.63) is 52.0 Å². The summed E-state index contributed by atoms with van der Waals surface area (Å²) in [5.74, 6) is 0.258. The Balaban J connectivity index is 2.31. The zero-order valence-corrected chi connectivity index (χ0v) is 15.3. The molecule has 0 saturated heterocycles. The fourth-order valence-corrected chi connectivity index (χ4v) is 3.13. The topological polar surface area (TPSA) is 72.5 Å². The Morgan fingerprint density at radius 1 is 1.17 bits per heavy atom. The normalized spacial score (nSPS) is 11.1. The van der Waals surface area contributed by atoms with E-state index in [1.165, 1.54) is 19.2 Å². The maximum absolute atomic E-state index is 12.4. The largest absolute Gasteiger partial charge is 0.497 e. The second-order valence-corrected chi connectivity index (χ2v) is 7.92. The van der Waals surface area contributed by atoms with Gasteiger partial charge in [-0.3, -0.25) is 4.79 Å². The molecule has 0 radical (unpaired) electrons. The van der Waals surface area contributed by atoms with Crippen molar-refractivity contribution in [3.63, 3.8) is 0 Å². The molecule has 5 nitrogen and oxygen atoms in total. The van der Waals surface area contributed by atoms with Gasteiger partial charge in [0.1, 0.15) is 5.75 Å². The molecule has 1 amide bonds. The first-order chi connectivity index (χ1) is 10.7. The van der Waals surface area contributed by atoms with Crippen LogP contribution in [0.25, 0.3) is 0 Å². The summed E-state index contributed by atoms with van der Waals surface area (Å²) in [5, 5.41) is 2.78. The van der Waals surface area contributed by atoms with Crippen molar-refractivity contribution in [2.75, 3.05) is 18.7 Å². The van der Waals surface area contributed by atoms with Crippen LogP contribution in [0.5, 0.6) is 5.75 Å². The second kappa shape index (κ2) is 6.72. The number of benzene rings is 2. The number of carbonyl (C=O) groups is 1. The monoisotopic (exact) mass is 397 g/mol. The minimum atomic E-state index is -3.28. The molecule has 0 heterocycles. The van der Waals surface area contributed by atoms with Crippen LogP contribution in [-0.4, -0.2) is 27.7 Å². The average molecular weight is 398 g/mol. The van der Waals surface area contributed by atoms with Gasteiger partial charge in [0.05, 0.1) is 17.6 Å². The van der Waals surface area contributed by atoms with Gasteiger partial charge in [-0.2, -0.15) is 0 Å². The van der Waals surface area contributed by atoms with Crippen LogP contribution in [0.4, 0.5) is 5.69 Å². The fourth-order valence-electron chi connectivity index (χ4n) is 2.00. The molecule has 0 aliphatic carbocycles. The predicted molar refractivity (Wildman–Crippen MR) is 92.9 cm³/mol. The molecular formula is C16H16BrNO4S. The smallest absolute Gasteiger partial charge is 0.256 e. The minimum absolute atomic E-state index is 0.218. The molecule has 0 saturated carbocycles. The van der Waals surface area contributed by atoms with Gasteiger partial charge in [0.15, 0.2) is 9.84 Å². The number of carbonyl (C=O) groups excluding carboxylic acids is 1. The van der Waals surface area contributed by atoms with E-state index in [0.717, 1.165) is 6.26 Å². The molecule has 0 aliphatic heterocycles. The highest BCUT2D eigenvalue weighted by Crippen LogP contribution is 2.25. The van der Waals surface area contributed by atoms with Crippen LogP contribution in [0.2, 0.25) is 0 Å². The van der Waals surface area contributed by atoms with E-state index < -0.39 is 9.84 Å². The fraction of sp³-hybridized carbons (Fsp3) is 0.188. The summed E-state index contributed by atoms with van der Waals surface area (Å²) in [7, 11) is -1.75. The van der Waals surface area contributed by atoms with Gasteiger partial charge in [-0.05, 0) is 64.8 Å². The van der Waals surface area contributed by atoms with Crippen molar-refractivity contribution in [2.45, 2.75) is 11.8 Å². The molecule has 0 aliphatic rings. The summed E-state index contributed by atoms with van der Waals surface area (Å²) < 4.78 is 28.9. The molecule has 0 bridgehead atoms. The van der Waals surface area contributed by atoms with Crippen LogP contribution >= 0.6 is 15.9 Å². The van der Waals surface area contributed by atoms with E-state index in [9.17, 15) is 13.2 Å². The third kappa shape index (κ3) is 4.11. The molecule has 122 valence electrons. The molecule has 2 rings (SSSR count). The molecule has 2 aromatic rings. The summed E-state index contributed by atoms with van der Waals surface area (Å²) in [6.45, 7) is 1.74. The Hall–Kier alpha value is -1.86. The quantitative estimate of drug-likeness (QED) is 0.857. The maximum atomic E-state index is 12.4. The number of anilines is 1. The van der Waals surface area contributed by atoms with E-state index in [4.69, 9.17) is 4.74 Å². The van der Waals surface area contributed by atoms with E-state index >= 15 is 0 Å². The number of hydrogen-bond acceptors (Lipinski definition) is 4. The minimum Gasteiger partial charge on any atom is -0.497 e. The predicted octanol–water partition coefficient (Wildman–Crippen LogP) is 3.42. The average Bonchev–Trinajstić information content (AvgIpc) is 2.48. The summed E-state index contributed by atoms with van der Waals surface area (Å²) in [6, 6.07) is 9.68. The number of halogens is 1. The molecule has 0 atom stereocenters. The highest BCUT2D eigenvalue weighted by atomic mass is 79.9. The lowest BCUT2D eigenvalue weighted by molar-refractivity contribution is 0.102.